The summed E-state index contributed by atoms with van der Waals surface area (Å²) in [6, 6.07) is 27.7. The van der Waals surface area contributed by atoms with E-state index in [9.17, 15) is 10.1 Å². The predicted octanol–water partition coefficient (Wildman–Crippen LogP) is 4.90. The van der Waals surface area contributed by atoms with E-state index in [0.29, 0.717) is 0 Å². The molecule has 1 saturated heterocycles. The van der Waals surface area contributed by atoms with Gasteiger partial charge in [0, 0.05) is 17.8 Å². The molecule has 0 bridgehead atoms. The van der Waals surface area contributed by atoms with E-state index in [2.05, 4.69) is 29.2 Å². The van der Waals surface area contributed by atoms with Crippen LogP contribution in [0.15, 0.2) is 84.9 Å². The molecule has 0 aromatic heterocycles. The zero-order valence-corrected chi connectivity index (χ0v) is 12.9. The fourth-order valence-corrected chi connectivity index (χ4v) is 3.31. The lowest BCUT2D eigenvalue weighted by molar-refractivity contribution is -0.384. The number of hydrogen-bond donors (Lipinski definition) is 0. The van der Waals surface area contributed by atoms with Crippen molar-refractivity contribution in [1.82, 2.24) is 0 Å². The number of non-ortho nitro benzene ring substituents is 1. The third-order valence-electron chi connectivity index (χ3n) is 4.43. The van der Waals surface area contributed by atoms with Crippen LogP contribution in [0.2, 0.25) is 0 Å². The highest BCUT2D eigenvalue weighted by Gasteiger charge is 2.49. The van der Waals surface area contributed by atoms with Crippen molar-refractivity contribution in [3.63, 3.8) is 0 Å². The van der Waals surface area contributed by atoms with E-state index < -0.39 is 0 Å². The fourth-order valence-electron chi connectivity index (χ4n) is 3.31. The first kappa shape index (κ1) is 14.5. The maximum atomic E-state index is 11.1. The molecule has 4 heteroatoms. The molecule has 1 fully saturated rings. The molecule has 3 aromatic carbocycles. The molecule has 1 aliphatic rings. The normalized spacial score (nSPS) is 19.1. The summed E-state index contributed by atoms with van der Waals surface area (Å²) in [4.78, 5) is 13.1. The third kappa shape index (κ3) is 2.52. The van der Waals surface area contributed by atoms with E-state index in [1.165, 1.54) is 11.6 Å². The van der Waals surface area contributed by atoms with Crippen LogP contribution in [0.3, 0.4) is 0 Å². The number of nitro benzene ring substituents is 1. The summed E-state index contributed by atoms with van der Waals surface area (Å²) in [7, 11) is 0. The second-order valence-corrected chi connectivity index (χ2v) is 5.90. The largest absolute Gasteiger partial charge is 0.353 e. The number of benzene rings is 3. The molecule has 0 saturated carbocycles. The van der Waals surface area contributed by atoms with Gasteiger partial charge in [-0.15, -0.1) is 0 Å². The van der Waals surface area contributed by atoms with Gasteiger partial charge in [0.05, 0.1) is 17.0 Å². The van der Waals surface area contributed by atoms with E-state index in [1.807, 2.05) is 42.5 Å². The van der Waals surface area contributed by atoms with Crippen LogP contribution < -0.4 is 4.90 Å². The maximum absolute atomic E-state index is 11.1. The van der Waals surface area contributed by atoms with E-state index in [4.69, 9.17) is 0 Å². The first-order valence-electron chi connectivity index (χ1n) is 7.88. The lowest BCUT2D eigenvalue weighted by atomic mass is 10.0. The van der Waals surface area contributed by atoms with Gasteiger partial charge >= 0.3 is 0 Å². The second kappa shape index (κ2) is 5.81. The van der Waals surface area contributed by atoms with Gasteiger partial charge in [0.25, 0.3) is 5.69 Å². The van der Waals surface area contributed by atoms with Gasteiger partial charge in [-0.1, -0.05) is 60.7 Å². The first-order valence-corrected chi connectivity index (χ1v) is 7.88. The summed E-state index contributed by atoms with van der Waals surface area (Å²) in [5.41, 5.74) is 3.46. The van der Waals surface area contributed by atoms with Gasteiger partial charge in [0.15, 0.2) is 0 Å². The van der Waals surface area contributed by atoms with Crippen molar-refractivity contribution >= 4 is 11.4 Å². The van der Waals surface area contributed by atoms with Crippen LogP contribution in [0.25, 0.3) is 0 Å². The topological polar surface area (TPSA) is 46.1 Å². The molecule has 118 valence electrons. The van der Waals surface area contributed by atoms with Crippen molar-refractivity contribution in [1.29, 1.82) is 0 Å². The summed E-state index contributed by atoms with van der Waals surface area (Å²) in [5, 5.41) is 11.1. The van der Waals surface area contributed by atoms with Crippen LogP contribution in [0, 0.1) is 10.1 Å². The molecule has 0 spiro atoms. The highest BCUT2D eigenvalue weighted by atomic mass is 16.6. The van der Waals surface area contributed by atoms with Crippen LogP contribution >= 0.6 is 0 Å². The molecule has 0 unspecified atom stereocenters. The van der Waals surface area contributed by atoms with E-state index in [-0.39, 0.29) is 22.7 Å². The van der Waals surface area contributed by atoms with Crippen LogP contribution in [0.4, 0.5) is 11.4 Å². The Bertz CT molecular complexity index is 820. The highest BCUT2D eigenvalue weighted by Crippen LogP contribution is 2.57. The van der Waals surface area contributed by atoms with Crippen molar-refractivity contribution in [2.24, 2.45) is 0 Å². The van der Waals surface area contributed by atoms with Crippen molar-refractivity contribution < 1.29 is 4.92 Å². The van der Waals surface area contributed by atoms with Crippen molar-refractivity contribution in [3.05, 3.63) is 106 Å². The quantitative estimate of drug-likeness (QED) is 0.391. The monoisotopic (exact) mass is 316 g/mol. The Labute approximate surface area is 140 Å². The molecular weight excluding hydrogens is 300 g/mol. The molecule has 2 atom stereocenters. The van der Waals surface area contributed by atoms with Gasteiger partial charge in [-0.05, 0) is 23.3 Å². The smallest absolute Gasteiger partial charge is 0.269 e. The van der Waals surface area contributed by atoms with Gasteiger partial charge in [-0.2, -0.15) is 0 Å². The summed E-state index contributed by atoms with van der Waals surface area (Å²) in [6.45, 7) is 0. The lowest BCUT2D eigenvalue weighted by Crippen LogP contribution is -1.96. The number of rotatable bonds is 4. The first-order chi connectivity index (χ1) is 11.8. The minimum Gasteiger partial charge on any atom is -0.353 e. The Hall–Kier alpha value is -3.14. The average molecular weight is 316 g/mol. The van der Waals surface area contributed by atoms with Gasteiger partial charge in [-0.25, -0.2) is 0 Å². The number of nitrogens with zero attached hydrogens (tertiary/aromatic N) is 2. The highest BCUT2D eigenvalue weighted by molar-refractivity contribution is 5.62. The summed E-state index contributed by atoms with van der Waals surface area (Å²) in [6.07, 6.45) is 0. The Kier molecular flexibility index (Phi) is 3.50. The molecule has 4 rings (SSSR count). The zero-order valence-electron chi connectivity index (χ0n) is 12.9. The number of nitro groups is 1. The SMILES string of the molecule is O=[N+]([O-])c1cccc([C@H]2[C@@H](c3ccccc3)N2c2ccccc2)c1. The summed E-state index contributed by atoms with van der Waals surface area (Å²) < 4.78 is 0. The lowest BCUT2D eigenvalue weighted by Gasteiger charge is -2.06. The van der Waals surface area contributed by atoms with Crippen LogP contribution in [-0.2, 0) is 0 Å². The number of hydrogen-bond acceptors (Lipinski definition) is 3. The van der Waals surface area contributed by atoms with Crippen molar-refractivity contribution in [3.8, 4) is 0 Å². The Morgan fingerprint density at radius 1 is 0.750 bits per heavy atom. The molecule has 1 heterocycles. The minimum absolute atomic E-state index is 0.120. The molecular formula is C20H16N2O2. The Balaban J connectivity index is 1.75. The number of anilines is 1. The maximum Gasteiger partial charge on any atom is 0.269 e. The van der Waals surface area contributed by atoms with E-state index >= 15 is 0 Å². The average Bonchev–Trinajstić information content (AvgIpc) is 3.39. The molecule has 0 radical (unpaired) electrons. The molecule has 4 nitrogen and oxygen atoms in total. The summed E-state index contributed by atoms with van der Waals surface area (Å²) in [5.74, 6) is 0. The van der Waals surface area contributed by atoms with Crippen LogP contribution in [0.1, 0.15) is 23.2 Å². The van der Waals surface area contributed by atoms with E-state index in [1.54, 1.807) is 12.1 Å². The molecule has 1 aliphatic heterocycles. The van der Waals surface area contributed by atoms with E-state index in [0.717, 1.165) is 11.3 Å². The van der Waals surface area contributed by atoms with Crippen LogP contribution in [0.5, 0.6) is 0 Å². The van der Waals surface area contributed by atoms with Gasteiger partial charge in [0.2, 0.25) is 0 Å². The predicted molar refractivity (Wildman–Crippen MR) is 93.9 cm³/mol. The van der Waals surface area contributed by atoms with Crippen molar-refractivity contribution in [2.75, 3.05) is 4.90 Å². The molecule has 3 aromatic rings. The molecule has 0 amide bonds. The second-order valence-electron chi connectivity index (χ2n) is 5.90. The molecule has 0 aliphatic carbocycles. The van der Waals surface area contributed by atoms with Gasteiger partial charge in [-0.3, -0.25) is 10.1 Å². The minimum atomic E-state index is -0.337. The molecule has 24 heavy (non-hydrogen) atoms. The van der Waals surface area contributed by atoms with Crippen molar-refractivity contribution in [2.45, 2.75) is 12.1 Å². The molecule has 0 N–H and O–H groups in total. The van der Waals surface area contributed by atoms with Gasteiger partial charge < -0.3 is 4.90 Å². The fraction of sp³-hybridized carbons (Fsp3) is 0.100. The standard InChI is InChI=1S/C20H16N2O2/c23-22(24)18-13-7-10-16(14-18)20-19(15-8-3-1-4-9-15)21(20)17-11-5-2-6-12-17/h1-14,19-20H/t19-,20+,21?/m1/s1. The summed E-state index contributed by atoms with van der Waals surface area (Å²) >= 11 is 0. The Morgan fingerprint density at radius 3 is 2.00 bits per heavy atom. The number of para-hydroxylation sites is 1. The third-order valence-corrected chi connectivity index (χ3v) is 4.43. The Morgan fingerprint density at radius 2 is 1.33 bits per heavy atom. The zero-order chi connectivity index (χ0) is 16.5. The van der Waals surface area contributed by atoms with Gasteiger partial charge in [0.1, 0.15) is 0 Å². The van der Waals surface area contributed by atoms with Crippen LogP contribution in [-0.4, -0.2) is 4.92 Å².